The third-order valence-corrected chi connectivity index (χ3v) is 4.21. The summed E-state index contributed by atoms with van der Waals surface area (Å²) < 4.78 is 15.7. The van der Waals surface area contributed by atoms with Crippen LogP contribution in [0.5, 0.6) is 17.2 Å². The lowest BCUT2D eigenvalue weighted by atomic mass is 10.1. The zero-order valence-electron chi connectivity index (χ0n) is 13.3. The smallest absolute Gasteiger partial charge is 0.324 e. The molecule has 0 fully saturated rings. The van der Waals surface area contributed by atoms with Crippen molar-refractivity contribution in [3.63, 3.8) is 0 Å². The molecule has 0 unspecified atom stereocenters. The summed E-state index contributed by atoms with van der Waals surface area (Å²) in [6.07, 6.45) is 0. The van der Waals surface area contributed by atoms with Crippen molar-refractivity contribution in [1.29, 1.82) is 0 Å². The van der Waals surface area contributed by atoms with Crippen LogP contribution in [0.15, 0.2) is 24.3 Å². The molecule has 8 nitrogen and oxygen atoms in total. The molecule has 1 aromatic carbocycles. The number of nitrogens with one attached hydrogen (secondary N) is 1. The van der Waals surface area contributed by atoms with E-state index in [0.29, 0.717) is 17.2 Å². The van der Waals surface area contributed by atoms with Crippen LogP contribution in [0.25, 0.3) is 0 Å². The molecule has 0 saturated carbocycles. The van der Waals surface area contributed by atoms with Crippen molar-refractivity contribution in [2.24, 2.45) is 0 Å². The van der Waals surface area contributed by atoms with Crippen LogP contribution >= 0.6 is 11.3 Å². The molecule has 2 rings (SSSR count). The SMILES string of the molecule is COc1cc(CNC(=O)c2ccc([N+](=O)[O-])s2)cc(OC)c1OC. The first-order valence-corrected chi connectivity index (χ1v) is 7.63. The highest BCUT2D eigenvalue weighted by atomic mass is 32.1. The quantitative estimate of drug-likeness (QED) is 0.607. The van der Waals surface area contributed by atoms with Gasteiger partial charge in [-0.15, -0.1) is 0 Å². The minimum Gasteiger partial charge on any atom is -0.493 e. The van der Waals surface area contributed by atoms with Gasteiger partial charge in [-0.25, -0.2) is 0 Å². The number of amides is 1. The topological polar surface area (TPSA) is 99.9 Å². The van der Waals surface area contributed by atoms with E-state index in [9.17, 15) is 14.9 Å². The van der Waals surface area contributed by atoms with Crippen LogP contribution in [-0.2, 0) is 6.54 Å². The lowest BCUT2D eigenvalue weighted by molar-refractivity contribution is -0.380. The number of carbonyl (C=O) groups is 1. The molecule has 1 aromatic heterocycles. The fourth-order valence-electron chi connectivity index (χ4n) is 2.05. The van der Waals surface area contributed by atoms with Crippen molar-refractivity contribution in [3.8, 4) is 17.2 Å². The number of hydrogen-bond acceptors (Lipinski definition) is 7. The molecule has 0 saturated heterocycles. The first-order valence-electron chi connectivity index (χ1n) is 6.81. The number of carbonyl (C=O) groups excluding carboxylic acids is 1. The number of benzene rings is 1. The van der Waals surface area contributed by atoms with Crippen molar-refractivity contribution < 1.29 is 23.9 Å². The Bertz CT molecular complexity index is 733. The summed E-state index contributed by atoms with van der Waals surface area (Å²) in [5.41, 5.74) is 0.740. The van der Waals surface area contributed by atoms with Crippen molar-refractivity contribution in [2.75, 3.05) is 21.3 Å². The second-order valence-electron chi connectivity index (χ2n) is 4.61. The molecule has 0 radical (unpaired) electrons. The molecule has 9 heteroatoms. The third-order valence-electron chi connectivity index (χ3n) is 3.17. The average Bonchev–Trinajstić information content (AvgIpc) is 3.09. The van der Waals surface area contributed by atoms with E-state index in [1.54, 1.807) is 12.1 Å². The normalized spacial score (nSPS) is 10.1. The summed E-state index contributed by atoms with van der Waals surface area (Å²) in [6, 6.07) is 6.17. The fraction of sp³-hybridized carbons (Fsp3) is 0.267. The lowest BCUT2D eigenvalue weighted by Crippen LogP contribution is -2.21. The maximum absolute atomic E-state index is 12.1. The molecule has 1 amide bonds. The molecule has 0 aliphatic heterocycles. The molecule has 0 spiro atoms. The Kier molecular flexibility index (Phi) is 5.59. The van der Waals surface area contributed by atoms with Gasteiger partial charge in [0.2, 0.25) is 5.75 Å². The monoisotopic (exact) mass is 352 g/mol. The van der Waals surface area contributed by atoms with Crippen molar-refractivity contribution >= 4 is 22.2 Å². The Balaban J connectivity index is 2.13. The van der Waals surface area contributed by atoms with E-state index < -0.39 is 4.92 Å². The first kappa shape index (κ1) is 17.5. The molecule has 1 heterocycles. The number of rotatable bonds is 7. The molecule has 24 heavy (non-hydrogen) atoms. The molecular weight excluding hydrogens is 336 g/mol. The van der Waals surface area contributed by atoms with E-state index in [1.807, 2.05) is 0 Å². The molecule has 0 bridgehead atoms. The summed E-state index contributed by atoms with van der Waals surface area (Å²) in [7, 11) is 4.51. The summed E-state index contributed by atoms with van der Waals surface area (Å²) in [6.45, 7) is 0.210. The molecule has 1 N–H and O–H groups in total. The Hall–Kier alpha value is -2.81. The minimum absolute atomic E-state index is 0.0760. The maximum atomic E-state index is 12.1. The van der Waals surface area contributed by atoms with Crippen LogP contribution in [0.4, 0.5) is 5.00 Å². The summed E-state index contributed by atoms with van der Waals surface area (Å²) in [4.78, 5) is 22.5. The largest absolute Gasteiger partial charge is 0.493 e. The summed E-state index contributed by atoms with van der Waals surface area (Å²) in [5.74, 6) is 1.03. The van der Waals surface area contributed by atoms with Crippen molar-refractivity contribution in [3.05, 3.63) is 44.8 Å². The van der Waals surface area contributed by atoms with E-state index in [-0.39, 0.29) is 22.3 Å². The van der Waals surface area contributed by atoms with Crippen molar-refractivity contribution in [1.82, 2.24) is 5.32 Å². The van der Waals surface area contributed by atoms with Crippen molar-refractivity contribution in [2.45, 2.75) is 6.54 Å². The van der Waals surface area contributed by atoms with Gasteiger partial charge in [-0.2, -0.15) is 0 Å². The predicted molar refractivity (Wildman–Crippen MR) is 88.2 cm³/mol. The van der Waals surface area contributed by atoms with E-state index in [4.69, 9.17) is 14.2 Å². The average molecular weight is 352 g/mol. The lowest BCUT2D eigenvalue weighted by Gasteiger charge is -2.14. The van der Waals surface area contributed by atoms with Gasteiger partial charge >= 0.3 is 5.00 Å². The molecule has 2 aromatic rings. The van der Waals surface area contributed by atoms with E-state index in [2.05, 4.69) is 5.32 Å². The maximum Gasteiger partial charge on any atom is 0.324 e. The number of methoxy groups -OCH3 is 3. The summed E-state index contributed by atoms with van der Waals surface area (Å²) >= 11 is 0.825. The fourth-order valence-corrected chi connectivity index (χ4v) is 2.79. The Morgan fingerprint density at radius 3 is 2.25 bits per heavy atom. The molecule has 0 aliphatic carbocycles. The highest BCUT2D eigenvalue weighted by molar-refractivity contribution is 7.17. The second-order valence-corrected chi connectivity index (χ2v) is 5.67. The predicted octanol–water partition coefficient (Wildman–Crippen LogP) is 2.61. The Labute approximate surface area is 142 Å². The van der Waals surface area contributed by atoms with Gasteiger partial charge in [-0.1, -0.05) is 11.3 Å². The summed E-state index contributed by atoms with van der Waals surface area (Å²) in [5, 5.41) is 13.3. The second kappa shape index (κ2) is 7.64. The molecular formula is C15H16N2O6S. The first-order chi connectivity index (χ1) is 11.5. The van der Waals surface area contributed by atoms with Gasteiger partial charge in [-0.05, 0) is 23.8 Å². The van der Waals surface area contributed by atoms with Crippen LogP contribution in [0.2, 0.25) is 0 Å². The van der Waals surface area contributed by atoms with Gasteiger partial charge in [0.15, 0.2) is 11.5 Å². The van der Waals surface area contributed by atoms with Crippen LogP contribution in [-0.4, -0.2) is 32.2 Å². The zero-order chi connectivity index (χ0) is 17.7. The molecule has 0 atom stereocenters. The van der Waals surface area contributed by atoms with Gasteiger partial charge in [0.1, 0.15) is 0 Å². The molecule has 0 aliphatic rings. The van der Waals surface area contributed by atoms with E-state index in [1.165, 1.54) is 33.5 Å². The minimum atomic E-state index is -0.527. The highest BCUT2D eigenvalue weighted by Gasteiger charge is 2.16. The number of ether oxygens (including phenoxy) is 3. The Morgan fingerprint density at radius 1 is 1.17 bits per heavy atom. The van der Waals surface area contributed by atoms with Crippen LogP contribution in [0.1, 0.15) is 15.2 Å². The van der Waals surface area contributed by atoms with Gasteiger partial charge in [0.05, 0.1) is 31.1 Å². The van der Waals surface area contributed by atoms with Crippen LogP contribution in [0.3, 0.4) is 0 Å². The number of hydrogen-bond donors (Lipinski definition) is 1. The third kappa shape index (κ3) is 3.74. The van der Waals surface area contributed by atoms with Gasteiger partial charge in [0.25, 0.3) is 5.91 Å². The molecule has 128 valence electrons. The van der Waals surface area contributed by atoms with Crippen LogP contribution < -0.4 is 19.5 Å². The van der Waals surface area contributed by atoms with E-state index >= 15 is 0 Å². The number of nitro groups is 1. The number of nitrogens with zero attached hydrogens (tertiary/aromatic N) is 1. The number of thiophene rings is 1. The van der Waals surface area contributed by atoms with Gasteiger partial charge in [0, 0.05) is 12.6 Å². The van der Waals surface area contributed by atoms with E-state index in [0.717, 1.165) is 16.9 Å². The highest BCUT2D eigenvalue weighted by Crippen LogP contribution is 2.38. The van der Waals surface area contributed by atoms with Gasteiger partial charge in [-0.3, -0.25) is 14.9 Å². The van der Waals surface area contributed by atoms with Crippen LogP contribution in [0, 0.1) is 10.1 Å². The Morgan fingerprint density at radius 2 is 1.79 bits per heavy atom. The standard InChI is InChI=1S/C15H16N2O6S/c1-21-10-6-9(7-11(22-2)14(10)23-3)8-16-15(18)12-4-5-13(24-12)17(19)20/h4-7H,8H2,1-3H3,(H,16,18). The van der Waals surface area contributed by atoms with Gasteiger partial charge < -0.3 is 19.5 Å². The zero-order valence-corrected chi connectivity index (χ0v) is 14.1.